The van der Waals surface area contributed by atoms with E-state index in [1.807, 2.05) is 36.4 Å². The first-order valence-electron chi connectivity index (χ1n) is 17.6. The van der Waals surface area contributed by atoms with E-state index in [1.54, 1.807) is 80.3 Å². The molecular formula is C41H38F3N5O5S. The van der Waals surface area contributed by atoms with E-state index in [2.05, 4.69) is 15.3 Å². The first-order valence-corrected chi connectivity index (χ1v) is 19.1. The second-order valence-corrected chi connectivity index (χ2v) is 16.0. The van der Waals surface area contributed by atoms with Crippen LogP contribution in [0.5, 0.6) is 11.5 Å². The zero-order chi connectivity index (χ0) is 39.0. The lowest BCUT2D eigenvalue weighted by atomic mass is 10.0. The first kappa shape index (κ1) is 37.4. The highest BCUT2D eigenvalue weighted by molar-refractivity contribution is 7.90. The number of carbonyl (C=O) groups is 1. The van der Waals surface area contributed by atoms with Crippen molar-refractivity contribution in [2.24, 2.45) is 0 Å². The molecule has 1 fully saturated rings. The van der Waals surface area contributed by atoms with E-state index in [0.717, 1.165) is 3.97 Å². The highest BCUT2D eigenvalue weighted by Gasteiger charge is 2.37. The summed E-state index contributed by atoms with van der Waals surface area (Å²) in [6, 6.07) is 28.7. The number of rotatable bonds is 8. The molecule has 1 saturated heterocycles. The minimum atomic E-state index is -4.88. The van der Waals surface area contributed by atoms with E-state index in [4.69, 9.17) is 9.47 Å². The monoisotopic (exact) mass is 769 g/mol. The molecule has 10 nitrogen and oxygen atoms in total. The van der Waals surface area contributed by atoms with Gasteiger partial charge in [-0.25, -0.2) is 27.2 Å². The third-order valence-corrected chi connectivity index (χ3v) is 10.7. The van der Waals surface area contributed by atoms with Gasteiger partial charge in [-0.2, -0.15) is 13.2 Å². The molecule has 7 rings (SSSR count). The van der Waals surface area contributed by atoms with Gasteiger partial charge in [0.2, 0.25) is 5.95 Å². The van der Waals surface area contributed by atoms with Crippen LogP contribution >= 0.6 is 0 Å². The molecule has 55 heavy (non-hydrogen) atoms. The van der Waals surface area contributed by atoms with Gasteiger partial charge in [0.05, 0.1) is 16.1 Å². The number of hydrogen-bond acceptors (Lipinski definition) is 8. The fourth-order valence-corrected chi connectivity index (χ4v) is 7.85. The molecule has 0 bridgehead atoms. The van der Waals surface area contributed by atoms with Crippen LogP contribution in [0.3, 0.4) is 0 Å². The van der Waals surface area contributed by atoms with Gasteiger partial charge in [0.25, 0.3) is 10.0 Å². The average Bonchev–Trinajstić information content (AvgIpc) is 3.55. The van der Waals surface area contributed by atoms with Gasteiger partial charge in [0, 0.05) is 42.5 Å². The van der Waals surface area contributed by atoms with Crippen LogP contribution in [0.15, 0.2) is 120 Å². The predicted molar refractivity (Wildman–Crippen MR) is 203 cm³/mol. The molecule has 4 aromatic carbocycles. The molecule has 6 aromatic rings. The molecule has 0 aliphatic carbocycles. The number of para-hydroxylation sites is 1. The van der Waals surface area contributed by atoms with Gasteiger partial charge in [-0.1, -0.05) is 60.7 Å². The van der Waals surface area contributed by atoms with Gasteiger partial charge in [0.1, 0.15) is 22.7 Å². The van der Waals surface area contributed by atoms with Crippen molar-refractivity contribution >= 4 is 33.0 Å². The summed E-state index contributed by atoms with van der Waals surface area (Å²) in [4.78, 5) is 22.7. The van der Waals surface area contributed by atoms with Crippen molar-refractivity contribution in [2.45, 2.75) is 56.3 Å². The van der Waals surface area contributed by atoms with E-state index in [0.29, 0.717) is 48.2 Å². The Balaban J connectivity index is 1.32. The molecule has 2 aromatic heterocycles. The van der Waals surface area contributed by atoms with Gasteiger partial charge in [-0.15, -0.1) is 0 Å². The minimum Gasteiger partial charge on any atom is -0.457 e. The highest BCUT2D eigenvalue weighted by atomic mass is 32.2. The Morgan fingerprint density at radius 2 is 1.56 bits per heavy atom. The van der Waals surface area contributed by atoms with E-state index < -0.39 is 39.2 Å². The number of piperidine rings is 1. The number of nitrogens with one attached hydrogen (secondary N) is 1. The number of fused-ring (bicyclic) bond motifs is 1. The van der Waals surface area contributed by atoms with Crippen molar-refractivity contribution in [3.05, 3.63) is 121 Å². The molecule has 1 atom stereocenters. The third-order valence-electron chi connectivity index (χ3n) is 8.97. The lowest BCUT2D eigenvalue weighted by molar-refractivity contribution is -0.137. The normalized spacial score (nSPS) is 15.2. The largest absolute Gasteiger partial charge is 0.457 e. The third kappa shape index (κ3) is 8.29. The summed E-state index contributed by atoms with van der Waals surface area (Å²) in [6.07, 6.45) is -2.26. The van der Waals surface area contributed by atoms with Crippen LogP contribution in [0.4, 0.5) is 23.9 Å². The number of carbonyl (C=O) groups excluding carboxylic acids is 1. The summed E-state index contributed by atoms with van der Waals surface area (Å²) in [5.41, 5.74) is -0.943. The zero-order valence-electron chi connectivity index (χ0n) is 30.2. The Morgan fingerprint density at radius 1 is 0.873 bits per heavy atom. The fourth-order valence-electron chi connectivity index (χ4n) is 6.47. The Bertz CT molecular complexity index is 2450. The smallest absolute Gasteiger partial charge is 0.419 e. The average molecular weight is 770 g/mol. The van der Waals surface area contributed by atoms with Gasteiger partial charge >= 0.3 is 12.3 Å². The summed E-state index contributed by atoms with van der Waals surface area (Å²) in [7, 11) is -4.31. The molecule has 1 amide bonds. The second-order valence-electron chi connectivity index (χ2n) is 14.2. The number of ether oxygens (including phenoxy) is 2. The standard InChI is InChI=1S/C41H38F3N5O5S/c1-40(2,3)54-39(50)48-21-11-13-29(25-48)46-38-45-24-35(41(42,43)44)37(47-38)34-26-49(55(51,52)32-17-8-5-9-18-32)36-23-28(19-20-33(34)36)27-12-10-16-31(22-27)53-30-14-6-4-7-15-30/h4-10,12,14-20,22-24,26,29H,11,13,21,25H2,1-3H3,(H,45,46,47)/t29-/m0/s1. The summed E-state index contributed by atoms with van der Waals surface area (Å²) >= 11 is 0. The number of aromatic nitrogens is 3. The van der Waals surface area contributed by atoms with Crippen LogP contribution < -0.4 is 10.1 Å². The van der Waals surface area contributed by atoms with Crippen LogP contribution in [0.1, 0.15) is 39.2 Å². The molecule has 14 heteroatoms. The van der Waals surface area contributed by atoms with Gasteiger partial charge in [-0.05, 0) is 87.2 Å². The molecule has 1 aliphatic rings. The number of nitrogens with zero attached hydrogens (tertiary/aromatic N) is 4. The van der Waals surface area contributed by atoms with E-state index in [1.165, 1.54) is 18.3 Å². The van der Waals surface area contributed by atoms with Crippen molar-refractivity contribution in [1.82, 2.24) is 18.8 Å². The SMILES string of the molecule is CC(C)(C)OC(=O)N1CCC[C@H](Nc2ncc(C(F)(F)F)c(-c3cn(S(=O)(=O)c4ccccc4)c4cc(-c5cccc(Oc6ccccc6)c5)ccc34)n2)C1. The van der Waals surface area contributed by atoms with Crippen molar-refractivity contribution in [2.75, 3.05) is 18.4 Å². The number of benzene rings is 4. The fraction of sp³-hybridized carbons (Fsp3) is 0.244. The van der Waals surface area contributed by atoms with Crippen LogP contribution in [0, 0.1) is 0 Å². The second kappa shape index (κ2) is 14.7. The Labute approximate surface area is 316 Å². The van der Waals surface area contributed by atoms with E-state index >= 15 is 0 Å². The zero-order valence-corrected chi connectivity index (χ0v) is 31.1. The molecule has 284 valence electrons. The summed E-state index contributed by atoms with van der Waals surface area (Å²) in [5.74, 6) is 1.07. The van der Waals surface area contributed by atoms with E-state index in [9.17, 15) is 26.4 Å². The van der Waals surface area contributed by atoms with E-state index in [-0.39, 0.29) is 39.9 Å². The maximum Gasteiger partial charge on any atom is 0.419 e. The van der Waals surface area contributed by atoms with Crippen LogP contribution in [-0.2, 0) is 20.9 Å². The molecule has 0 radical (unpaired) electrons. The predicted octanol–water partition coefficient (Wildman–Crippen LogP) is 9.62. The number of anilines is 1. The number of halogens is 3. The maximum absolute atomic E-state index is 14.7. The summed E-state index contributed by atoms with van der Waals surface area (Å²) < 4.78 is 85.0. The van der Waals surface area contributed by atoms with Gasteiger partial charge in [-0.3, -0.25) is 0 Å². The van der Waals surface area contributed by atoms with Crippen molar-refractivity contribution < 1.29 is 35.9 Å². The Hall–Kier alpha value is -5.89. The Morgan fingerprint density at radius 3 is 2.27 bits per heavy atom. The molecule has 1 aliphatic heterocycles. The van der Waals surface area contributed by atoms with Crippen LogP contribution in [-0.4, -0.2) is 58.1 Å². The number of amides is 1. The van der Waals surface area contributed by atoms with Crippen molar-refractivity contribution in [3.63, 3.8) is 0 Å². The quantitative estimate of drug-likeness (QED) is 0.163. The summed E-state index contributed by atoms with van der Waals surface area (Å²) in [5, 5.41) is 3.33. The molecule has 0 saturated carbocycles. The topological polar surface area (TPSA) is 116 Å². The summed E-state index contributed by atoms with van der Waals surface area (Å²) in [6.45, 7) is 6.00. The van der Waals surface area contributed by atoms with Crippen LogP contribution in [0.2, 0.25) is 0 Å². The van der Waals surface area contributed by atoms with Crippen molar-refractivity contribution in [3.8, 4) is 33.9 Å². The molecule has 1 N–H and O–H groups in total. The highest BCUT2D eigenvalue weighted by Crippen LogP contribution is 2.41. The lowest BCUT2D eigenvalue weighted by Crippen LogP contribution is -2.47. The minimum absolute atomic E-state index is 0.0463. The maximum atomic E-state index is 14.7. The van der Waals surface area contributed by atoms with Gasteiger partial charge in [0.15, 0.2) is 0 Å². The molecule has 3 heterocycles. The first-order chi connectivity index (χ1) is 26.2. The molecular weight excluding hydrogens is 732 g/mol. The van der Waals surface area contributed by atoms with Crippen LogP contribution in [0.25, 0.3) is 33.3 Å². The number of alkyl halides is 3. The molecule has 0 unspecified atom stereocenters. The van der Waals surface area contributed by atoms with Gasteiger partial charge < -0.3 is 19.7 Å². The number of likely N-dealkylation sites (tertiary alicyclic amines) is 1. The Kier molecular flexibility index (Phi) is 10.0. The number of hydrogen-bond donors (Lipinski definition) is 1. The lowest BCUT2D eigenvalue weighted by Gasteiger charge is -2.34. The molecule has 0 spiro atoms. The van der Waals surface area contributed by atoms with Crippen molar-refractivity contribution in [1.29, 1.82) is 0 Å².